The number of benzene rings is 1. The molecule has 0 heterocycles. The van der Waals surface area contributed by atoms with E-state index in [1.807, 2.05) is 0 Å². The molecule has 1 atom stereocenters. The number of nitrogens with zero attached hydrogens (tertiary/aromatic N) is 1. The van der Waals surface area contributed by atoms with Gasteiger partial charge in [-0.25, -0.2) is 0 Å². The van der Waals surface area contributed by atoms with Crippen molar-refractivity contribution in [3.05, 3.63) is 29.3 Å². The van der Waals surface area contributed by atoms with Gasteiger partial charge in [-0.15, -0.1) is 0 Å². The quantitative estimate of drug-likeness (QED) is 0.869. The molecule has 0 saturated heterocycles. The molecule has 0 aliphatic heterocycles. The third-order valence-electron chi connectivity index (χ3n) is 3.32. The molecule has 100 valence electrons. The van der Waals surface area contributed by atoms with Crippen LogP contribution in [-0.2, 0) is 4.79 Å². The van der Waals surface area contributed by atoms with Gasteiger partial charge in [-0.2, -0.15) is 5.26 Å². The summed E-state index contributed by atoms with van der Waals surface area (Å²) in [5, 5.41) is 15.6. The van der Waals surface area contributed by atoms with Crippen LogP contribution in [0.4, 0.5) is 5.69 Å². The Kier molecular flexibility index (Phi) is 3.96. The van der Waals surface area contributed by atoms with Crippen LogP contribution in [0.1, 0.15) is 19.8 Å². The second-order valence-electron chi connectivity index (χ2n) is 5.00. The van der Waals surface area contributed by atoms with Gasteiger partial charge in [0.25, 0.3) is 0 Å². The smallest absolute Gasteiger partial charge is 0.240 e. The van der Waals surface area contributed by atoms with E-state index < -0.39 is 5.54 Å². The van der Waals surface area contributed by atoms with Gasteiger partial charge in [-0.05, 0) is 49.9 Å². The van der Waals surface area contributed by atoms with Crippen LogP contribution in [0, 0.1) is 17.2 Å². The fourth-order valence-electron chi connectivity index (χ4n) is 1.97. The highest BCUT2D eigenvalue weighted by Gasteiger charge is 2.42. The van der Waals surface area contributed by atoms with E-state index >= 15 is 0 Å². The number of halogens is 1. The van der Waals surface area contributed by atoms with Crippen molar-refractivity contribution in [2.24, 2.45) is 5.92 Å². The highest BCUT2D eigenvalue weighted by molar-refractivity contribution is 6.30. The van der Waals surface area contributed by atoms with Crippen LogP contribution in [-0.4, -0.2) is 18.0 Å². The van der Waals surface area contributed by atoms with E-state index in [4.69, 9.17) is 16.9 Å². The van der Waals surface area contributed by atoms with Crippen LogP contribution < -0.4 is 10.6 Å². The zero-order valence-corrected chi connectivity index (χ0v) is 11.5. The standard InChI is InChI=1S/C14H16ClN3O/c1-14(9-16,10-2-3-10)18-13(19)8-17-12-6-4-11(15)5-7-12/h4-7,10,17H,2-3,8H2,1H3,(H,18,19). The molecule has 5 heteroatoms. The maximum absolute atomic E-state index is 11.8. The predicted molar refractivity (Wildman–Crippen MR) is 74.8 cm³/mol. The summed E-state index contributed by atoms with van der Waals surface area (Å²) >= 11 is 5.78. The van der Waals surface area contributed by atoms with Gasteiger partial charge in [0.05, 0.1) is 12.6 Å². The Morgan fingerprint density at radius 1 is 1.47 bits per heavy atom. The summed E-state index contributed by atoms with van der Waals surface area (Å²) in [5.41, 5.74) is 0.0864. The van der Waals surface area contributed by atoms with Gasteiger partial charge in [-0.1, -0.05) is 11.6 Å². The summed E-state index contributed by atoms with van der Waals surface area (Å²) in [6.45, 7) is 1.93. The lowest BCUT2D eigenvalue weighted by Crippen LogP contribution is -2.48. The Hall–Kier alpha value is -1.73. The van der Waals surface area contributed by atoms with Gasteiger partial charge in [-0.3, -0.25) is 4.79 Å². The van der Waals surface area contributed by atoms with Gasteiger partial charge in [0, 0.05) is 10.7 Å². The first-order valence-corrected chi connectivity index (χ1v) is 6.63. The number of anilines is 1. The van der Waals surface area contributed by atoms with Crippen molar-refractivity contribution in [3.63, 3.8) is 0 Å². The summed E-state index contributed by atoms with van der Waals surface area (Å²) in [7, 11) is 0. The monoisotopic (exact) mass is 277 g/mol. The van der Waals surface area contributed by atoms with E-state index in [0.717, 1.165) is 18.5 Å². The van der Waals surface area contributed by atoms with Crippen molar-refractivity contribution in [1.82, 2.24) is 5.32 Å². The molecule has 19 heavy (non-hydrogen) atoms. The molecule has 0 radical (unpaired) electrons. The number of carbonyl (C=O) groups excluding carboxylic acids is 1. The molecule has 1 fully saturated rings. The van der Waals surface area contributed by atoms with Crippen molar-refractivity contribution in [2.45, 2.75) is 25.3 Å². The molecule has 2 N–H and O–H groups in total. The normalized spacial score (nSPS) is 17.1. The second-order valence-corrected chi connectivity index (χ2v) is 5.43. The van der Waals surface area contributed by atoms with Crippen molar-refractivity contribution in [1.29, 1.82) is 5.26 Å². The van der Waals surface area contributed by atoms with Crippen molar-refractivity contribution in [2.75, 3.05) is 11.9 Å². The van der Waals surface area contributed by atoms with Gasteiger partial charge < -0.3 is 10.6 Å². The fraction of sp³-hybridized carbons (Fsp3) is 0.429. The second kappa shape index (κ2) is 5.50. The van der Waals surface area contributed by atoms with Crippen LogP contribution >= 0.6 is 11.6 Å². The zero-order chi connectivity index (χ0) is 13.9. The van der Waals surface area contributed by atoms with E-state index in [1.165, 1.54) is 0 Å². The van der Waals surface area contributed by atoms with E-state index in [-0.39, 0.29) is 18.4 Å². The molecule has 4 nitrogen and oxygen atoms in total. The summed E-state index contributed by atoms with van der Waals surface area (Å²) in [6.07, 6.45) is 2.02. The molecule has 1 aliphatic carbocycles. The summed E-state index contributed by atoms with van der Waals surface area (Å²) in [6, 6.07) is 9.32. The van der Waals surface area contributed by atoms with E-state index in [0.29, 0.717) is 5.02 Å². The van der Waals surface area contributed by atoms with E-state index in [1.54, 1.807) is 31.2 Å². The molecule has 0 spiro atoms. The average Bonchev–Trinajstić information content (AvgIpc) is 3.22. The van der Waals surface area contributed by atoms with Crippen LogP contribution in [0.25, 0.3) is 0 Å². The average molecular weight is 278 g/mol. The summed E-state index contributed by atoms with van der Waals surface area (Å²) in [5.74, 6) is 0.114. The number of carbonyl (C=O) groups is 1. The number of nitrogens with one attached hydrogen (secondary N) is 2. The lowest BCUT2D eigenvalue weighted by Gasteiger charge is -2.23. The maximum Gasteiger partial charge on any atom is 0.240 e. The third-order valence-corrected chi connectivity index (χ3v) is 3.57. The number of amides is 1. The van der Waals surface area contributed by atoms with Gasteiger partial charge in [0.15, 0.2) is 0 Å². The van der Waals surface area contributed by atoms with Crippen LogP contribution in [0.5, 0.6) is 0 Å². The maximum atomic E-state index is 11.8. The molecule has 1 aromatic rings. The Morgan fingerprint density at radius 2 is 2.11 bits per heavy atom. The highest BCUT2D eigenvalue weighted by Crippen LogP contribution is 2.39. The highest BCUT2D eigenvalue weighted by atomic mass is 35.5. The molecule has 2 rings (SSSR count). The van der Waals surface area contributed by atoms with E-state index in [2.05, 4.69) is 16.7 Å². The number of rotatable bonds is 5. The zero-order valence-electron chi connectivity index (χ0n) is 10.7. The molecule has 1 amide bonds. The van der Waals surface area contributed by atoms with Crippen molar-refractivity contribution >= 4 is 23.2 Å². The third kappa shape index (κ3) is 3.62. The van der Waals surface area contributed by atoms with Gasteiger partial charge >= 0.3 is 0 Å². The minimum absolute atomic E-state index is 0.144. The first kappa shape index (κ1) is 13.7. The first-order chi connectivity index (χ1) is 9.03. The molecule has 0 bridgehead atoms. The number of nitriles is 1. The molecule has 1 saturated carbocycles. The Labute approximate surface area is 117 Å². The predicted octanol–water partition coefficient (Wildman–Crippen LogP) is 2.56. The van der Waals surface area contributed by atoms with Crippen molar-refractivity contribution < 1.29 is 4.79 Å². The summed E-state index contributed by atoms with van der Waals surface area (Å²) < 4.78 is 0. The van der Waals surface area contributed by atoms with Crippen molar-refractivity contribution in [3.8, 4) is 6.07 Å². The lowest BCUT2D eigenvalue weighted by molar-refractivity contribution is -0.120. The molecule has 1 aliphatic rings. The first-order valence-electron chi connectivity index (χ1n) is 6.25. The molecule has 1 unspecified atom stereocenters. The lowest BCUT2D eigenvalue weighted by atomic mass is 9.98. The topological polar surface area (TPSA) is 64.9 Å². The van der Waals surface area contributed by atoms with Gasteiger partial charge in [0.1, 0.15) is 5.54 Å². The molecule has 1 aromatic carbocycles. The molecule has 0 aromatic heterocycles. The SMILES string of the molecule is CC(C#N)(NC(=O)CNc1ccc(Cl)cc1)C1CC1. The minimum Gasteiger partial charge on any atom is -0.376 e. The molecular formula is C14H16ClN3O. The largest absolute Gasteiger partial charge is 0.376 e. The van der Waals surface area contributed by atoms with Crippen LogP contribution in [0.2, 0.25) is 5.02 Å². The van der Waals surface area contributed by atoms with Gasteiger partial charge in [0.2, 0.25) is 5.91 Å². The Bertz CT molecular complexity index is 504. The molecular weight excluding hydrogens is 262 g/mol. The number of hydrogen-bond donors (Lipinski definition) is 2. The summed E-state index contributed by atoms with van der Waals surface area (Å²) in [4.78, 5) is 11.8. The Morgan fingerprint density at radius 3 is 2.63 bits per heavy atom. The van der Waals surface area contributed by atoms with E-state index in [9.17, 15) is 4.79 Å². The number of hydrogen-bond acceptors (Lipinski definition) is 3. The Balaban J connectivity index is 1.84. The van der Waals surface area contributed by atoms with Crippen LogP contribution in [0.3, 0.4) is 0 Å². The van der Waals surface area contributed by atoms with Crippen LogP contribution in [0.15, 0.2) is 24.3 Å². The fourth-order valence-corrected chi connectivity index (χ4v) is 2.09. The minimum atomic E-state index is -0.737.